The standard InChI is InChI=1S/C12H15NO3S/c1-13(11(14)12(15)16)8-7-9-3-5-10(17-2)6-4-9/h3-6H,7-8H2,1-2H3,(H,15,16). The van der Waals surface area contributed by atoms with Crippen molar-refractivity contribution in [1.29, 1.82) is 0 Å². The normalized spacial score (nSPS) is 10.0. The first kappa shape index (κ1) is 13.6. The number of carbonyl (C=O) groups is 2. The van der Waals surface area contributed by atoms with E-state index >= 15 is 0 Å². The summed E-state index contributed by atoms with van der Waals surface area (Å²) in [5.74, 6) is -2.28. The van der Waals surface area contributed by atoms with Crippen LogP contribution in [0.2, 0.25) is 0 Å². The van der Waals surface area contributed by atoms with Crippen molar-refractivity contribution in [3.8, 4) is 0 Å². The lowest BCUT2D eigenvalue weighted by molar-refractivity contribution is -0.155. The number of carbonyl (C=O) groups excluding carboxylic acids is 1. The first-order chi connectivity index (χ1) is 8.04. The summed E-state index contributed by atoms with van der Waals surface area (Å²) in [6.07, 6.45) is 2.67. The molecule has 4 nitrogen and oxygen atoms in total. The third-order valence-corrected chi connectivity index (χ3v) is 3.17. The molecule has 0 bridgehead atoms. The molecule has 1 aromatic carbocycles. The molecule has 0 radical (unpaired) electrons. The maximum Gasteiger partial charge on any atom is 0.394 e. The zero-order chi connectivity index (χ0) is 12.8. The molecular formula is C12H15NO3S. The number of nitrogens with zero attached hydrogens (tertiary/aromatic N) is 1. The van der Waals surface area contributed by atoms with Crippen LogP contribution in [-0.4, -0.2) is 41.7 Å². The van der Waals surface area contributed by atoms with E-state index in [4.69, 9.17) is 5.11 Å². The number of rotatable bonds is 4. The Morgan fingerprint density at radius 3 is 2.35 bits per heavy atom. The van der Waals surface area contributed by atoms with E-state index in [1.165, 1.54) is 16.8 Å². The minimum atomic E-state index is -1.41. The van der Waals surface area contributed by atoms with E-state index in [1.807, 2.05) is 30.5 Å². The van der Waals surface area contributed by atoms with Crippen molar-refractivity contribution < 1.29 is 14.7 Å². The second-order valence-electron chi connectivity index (χ2n) is 3.63. The van der Waals surface area contributed by atoms with Crippen LogP contribution in [0.4, 0.5) is 0 Å². The van der Waals surface area contributed by atoms with E-state index in [2.05, 4.69) is 0 Å². The highest BCUT2D eigenvalue weighted by molar-refractivity contribution is 7.98. The summed E-state index contributed by atoms with van der Waals surface area (Å²) >= 11 is 1.67. The summed E-state index contributed by atoms with van der Waals surface area (Å²) in [5.41, 5.74) is 1.09. The van der Waals surface area contributed by atoms with Crippen LogP contribution in [0, 0.1) is 0 Å². The predicted octanol–water partition coefficient (Wildman–Crippen LogP) is 1.49. The van der Waals surface area contributed by atoms with Gasteiger partial charge in [-0.05, 0) is 30.4 Å². The van der Waals surface area contributed by atoms with Crippen molar-refractivity contribution in [3.63, 3.8) is 0 Å². The van der Waals surface area contributed by atoms with Gasteiger partial charge < -0.3 is 10.0 Å². The fraction of sp³-hybridized carbons (Fsp3) is 0.333. The average molecular weight is 253 g/mol. The SMILES string of the molecule is CSc1ccc(CCN(C)C(=O)C(=O)O)cc1. The predicted molar refractivity (Wildman–Crippen MR) is 67.2 cm³/mol. The topological polar surface area (TPSA) is 57.6 Å². The van der Waals surface area contributed by atoms with Crippen molar-refractivity contribution in [2.75, 3.05) is 19.8 Å². The van der Waals surface area contributed by atoms with Crippen LogP contribution in [0.15, 0.2) is 29.2 Å². The van der Waals surface area contributed by atoms with E-state index in [0.717, 1.165) is 5.56 Å². The Morgan fingerprint density at radius 2 is 1.88 bits per heavy atom. The fourth-order valence-corrected chi connectivity index (χ4v) is 1.76. The number of amides is 1. The molecule has 1 N–H and O–H groups in total. The van der Waals surface area contributed by atoms with Gasteiger partial charge in [-0.25, -0.2) is 4.79 Å². The van der Waals surface area contributed by atoms with Gasteiger partial charge in [0.05, 0.1) is 0 Å². The molecule has 0 atom stereocenters. The zero-order valence-electron chi connectivity index (χ0n) is 9.84. The lowest BCUT2D eigenvalue weighted by Gasteiger charge is -2.14. The molecule has 1 aromatic rings. The fourth-order valence-electron chi connectivity index (χ4n) is 1.35. The van der Waals surface area contributed by atoms with Gasteiger partial charge in [0.2, 0.25) is 0 Å². The molecule has 1 amide bonds. The lowest BCUT2D eigenvalue weighted by Crippen LogP contribution is -2.34. The van der Waals surface area contributed by atoms with Gasteiger partial charge in [0.25, 0.3) is 0 Å². The number of benzene rings is 1. The molecule has 92 valence electrons. The van der Waals surface area contributed by atoms with Crippen LogP contribution >= 0.6 is 11.8 Å². The number of carboxylic acids is 1. The first-order valence-electron chi connectivity index (χ1n) is 5.16. The van der Waals surface area contributed by atoms with E-state index in [9.17, 15) is 9.59 Å². The van der Waals surface area contributed by atoms with Crippen LogP contribution in [-0.2, 0) is 16.0 Å². The van der Waals surface area contributed by atoms with Gasteiger partial charge in [0.15, 0.2) is 0 Å². The quantitative estimate of drug-likeness (QED) is 0.652. The Balaban J connectivity index is 2.49. The number of carboxylic acid groups (broad SMARTS) is 1. The highest BCUT2D eigenvalue weighted by Crippen LogP contribution is 2.15. The largest absolute Gasteiger partial charge is 0.474 e. The first-order valence-corrected chi connectivity index (χ1v) is 6.38. The van der Waals surface area contributed by atoms with Crippen molar-refractivity contribution in [3.05, 3.63) is 29.8 Å². The van der Waals surface area contributed by atoms with E-state index in [-0.39, 0.29) is 0 Å². The lowest BCUT2D eigenvalue weighted by atomic mass is 10.1. The van der Waals surface area contributed by atoms with Gasteiger partial charge in [-0.2, -0.15) is 0 Å². The van der Waals surface area contributed by atoms with Crippen LogP contribution in [0.3, 0.4) is 0 Å². The van der Waals surface area contributed by atoms with Crippen LogP contribution < -0.4 is 0 Å². The molecule has 0 aliphatic carbocycles. The number of aliphatic carboxylic acids is 1. The van der Waals surface area contributed by atoms with Crippen LogP contribution in [0.5, 0.6) is 0 Å². The molecule has 0 fully saturated rings. The van der Waals surface area contributed by atoms with Gasteiger partial charge in [-0.15, -0.1) is 11.8 Å². The van der Waals surface area contributed by atoms with E-state index < -0.39 is 11.9 Å². The maximum absolute atomic E-state index is 11.1. The summed E-state index contributed by atoms with van der Waals surface area (Å²) in [4.78, 5) is 23.9. The zero-order valence-corrected chi connectivity index (χ0v) is 10.7. The molecule has 0 spiro atoms. The number of hydrogen-bond donors (Lipinski definition) is 1. The Morgan fingerprint density at radius 1 is 1.29 bits per heavy atom. The van der Waals surface area contributed by atoms with Gasteiger partial charge >= 0.3 is 11.9 Å². The summed E-state index contributed by atoms with van der Waals surface area (Å²) in [7, 11) is 1.49. The number of likely N-dealkylation sites (N-methyl/N-ethyl adjacent to an activating group) is 1. The Labute approximate surface area is 105 Å². The monoisotopic (exact) mass is 253 g/mol. The molecule has 5 heteroatoms. The highest BCUT2D eigenvalue weighted by Gasteiger charge is 2.16. The molecular weight excluding hydrogens is 238 g/mol. The second-order valence-corrected chi connectivity index (χ2v) is 4.51. The summed E-state index contributed by atoms with van der Waals surface area (Å²) in [6, 6.07) is 8.01. The van der Waals surface area contributed by atoms with Crippen molar-refractivity contribution in [2.45, 2.75) is 11.3 Å². The van der Waals surface area contributed by atoms with Gasteiger partial charge in [-0.3, -0.25) is 4.79 Å². The molecule has 17 heavy (non-hydrogen) atoms. The van der Waals surface area contributed by atoms with Crippen LogP contribution in [0.1, 0.15) is 5.56 Å². The van der Waals surface area contributed by atoms with E-state index in [1.54, 1.807) is 11.8 Å². The Kier molecular flexibility index (Phi) is 5.03. The molecule has 0 aliphatic rings. The number of hydrogen-bond acceptors (Lipinski definition) is 3. The molecule has 0 saturated heterocycles. The highest BCUT2D eigenvalue weighted by atomic mass is 32.2. The smallest absolute Gasteiger partial charge is 0.394 e. The molecule has 0 saturated carbocycles. The van der Waals surface area contributed by atoms with Crippen molar-refractivity contribution >= 4 is 23.6 Å². The minimum absolute atomic E-state index is 0.406. The van der Waals surface area contributed by atoms with Gasteiger partial charge in [0, 0.05) is 18.5 Å². The summed E-state index contributed by atoms with van der Waals surface area (Å²) < 4.78 is 0. The average Bonchev–Trinajstić information content (AvgIpc) is 2.35. The third kappa shape index (κ3) is 4.11. The molecule has 0 heterocycles. The summed E-state index contributed by atoms with van der Waals surface area (Å²) in [5, 5.41) is 8.52. The van der Waals surface area contributed by atoms with Crippen molar-refractivity contribution in [2.24, 2.45) is 0 Å². The maximum atomic E-state index is 11.1. The Hall–Kier alpha value is -1.49. The van der Waals surface area contributed by atoms with E-state index in [0.29, 0.717) is 13.0 Å². The van der Waals surface area contributed by atoms with Crippen molar-refractivity contribution in [1.82, 2.24) is 4.90 Å². The Bertz CT molecular complexity index is 403. The third-order valence-electron chi connectivity index (χ3n) is 2.42. The van der Waals surface area contributed by atoms with Gasteiger partial charge in [0.1, 0.15) is 0 Å². The minimum Gasteiger partial charge on any atom is -0.474 e. The second kappa shape index (κ2) is 6.30. The molecule has 1 rings (SSSR count). The number of thioether (sulfide) groups is 1. The summed E-state index contributed by atoms with van der Waals surface area (Å²) in [6.45, 7) is 0.406. The van der Waals surface area contributed by atoms with Gasteiger partial charge in [-0.1, -0.05) is 12.1 Å². The molecule has 0 aromatic heterocycles. The molecule has 0 aliphatic heterocycles. The molecule has 0 unspecified atom stereocenters. The van der Waals surface area contributed by atoms with Crippen LogP contribution in [0.25, 0.3) is 0 Å².